The molecular formula is C37H36N4O6. The van der Waals surface area contributed by atoms with Crippen molar-refractivity contribution in [3.8, 4) is 0 Å². The van der Waals surface area contributed by atoms with Crippen molar-refractivity contribution in [2.45, 2.75) is 45.9 Å². The Hall–Kier alpha value is -5.77. The van der Waals surface area contributed by atoms with Crippen LogP contribution in [0.1, 0.15) is 43.9 Å². The number of carbonyl (C=O) groups excluding carboxylic acids is 3. The molecule has 0 bridgehead atoms. The van der Waals surface area contributed by atoms with Gasteiger partial charge in [-0.15, -0.1) is 0 Å². The number of fused-ring (bicyclic) bond motifs is 1. The number of hydrogen-bond donors (Lipinski definition) is 2. The largest absolute Gasteiger partial charge is 0.481 e. The average Bonchev–Trinajstić information content (AvgIpc) is 3.12. The highest BCUT2D eigenvalue weighted by Gasteiger charge is 2.42. The van der Waals surface area contributed by atoms with Gasteiger partial charge in [-0.2, -0.15) is 0 Å². The van der Waals surface area contributed by atoms with E-state index < -0.39 is 41.8 Å². The second-order valence-corrected chi connectivity index (χ2v) is 12.1. The number of nitrogens with zero attached hydrogens (tertiary/aromatic N) is 3. The number of carboxylic acid groups (broad SMARTS) is 1. The van der Waals surface area contributed by atoms with Crippen LogP contribution in [-0.4, -0.2) is 40.8 Å². The van der Waals surface area contributed by atoms with Gasteiger partial charge < -0.3 is 20.1 Å². The summed E-state index contributed by atoms with van der Waals surface area (Å²) < 4.78 is 5.29. The van der Waals surface area contributed by atoms with Crippen LogP contribution in [-0.2, 0) is 32.2 Å². The fraction of sp³-hybridized carbons (Fsp3) is 0.216. The van der Waals surface area contributed by atoms with Gasteiger partial charge in [0.05, 0.1) is 30.0 Å². The molecule has 0 radical (unpaired) electrons. The molecule has 4 aromatic carbocycles. The van der Waals surface area contributed by atoms with Crippen LogP contribution in [0.25, 0.3) is 0 Å². The number of benzene rings is 4. The van der Waals surface area contributed by atoms with E-state index in [1.807, 2.05) is 54.6 Å². The number of carboxylic acids is 1. The summed E-state index contributed by atoms with van der Waals surface area (Å²) in [6, 6.07) is 31.0. The Labute approximate surface area is 273 Å². The second kappa shape index (κ2) is 14.1. The molecule has 2 N–H and O–H groups in total. The highest BCUT2D eigenvalue weighted by molar-refractivity contribution is 6.20. The summed E-state index contributed by atoms with van der Waals surface area (Å²) >= 11 is 0. The topological polar surface area (TPSA) is 129 Å². The second-order valence-electron chi connectivity index (χ2n) is 12.1. The van der Waals surface area contributed by atoms with E-state index in [4.69, 9.17) is 4.74 Å². The molecule has 47 heavy (non-hydrogen) atoms. The molecule has 3 amide bonds. The Morgan fingerprint density at radius 3 is 2.09 bits per heavy atom. The van der Waals surface area contributed by atoms with Crippen molar-refractivity contribution in [3.63, 3.8) is 0 Å². The maximum Gasteiger partial charge on any atom is 0.407 e. The number of aliphatic imine (C=N–C) groups is 1. The summed E-state index contributed by atoms with van der Waals surface area (Å²) in [6.07, 6.45) is 0.552. The summed E-state index contributed by atoms with van der Waals surface area (Å²) in [5.41, 5.74) is 3.98. The number of amides is 3. The summed E-state index contributed by atoms with van der Waals surface area (Å²) in [4.78, 5) is 59.5. The van der Waals surface area contributed by atoms with E-state index in [2.05, 4.69) is 10.3 Å². The molecule has 0 aliphatic carbocycles. The lowest BCUT2D eigenvalue weighted by Gasteiger charge is -2.26. The van der Waals surface area contributed by atoms with Crippen LogP contribution in [0.4, 0.5) is 27.5 Å². The zero-order valence-electron chi connectivity index (χ0n) is 26.4. The van der Waals surface area contributed by atoms with Gasteiger partial charge in [-0.25, -0.2) is 4.79 Å². The predicted octanol–water partition coefficient (Wildman–Crippen LogP) is 6.76. The van der Waals surface area contributed by atoms with Crippen molar-refractivity contribution in [3.05, 3.63) is 120 Å². The number of hydrogen-bond acceptors (Lipinski definition) is 6. The lowest BCUT2D eigenvalue weighted by atomic mass is 10.0. The molecule has 4 aromatic rings. The molecule has 10 heteroatoms. The molecule has 1 aliphatic heterocycles. The fourth-order valence-electron chi connectivity index (χ4n) is 5.16. The molecule has 1 atom stereocenters. The highest BCUT2D eigenvalue weighted by atomic mass is 16.6. The number of aliphatic carboxylic acids is 1. The van der Waals surface area contributed by atoms with E-state index in [9.17, 15) is 24.3 Å². The van der Waals surface area contributed by atoms with Crippen LogP contribution >= 0.6 is 0 Å². The van der Waals surface area contributed by atoms with Gasteiger partial charge in [-0.1, -0.05) is 66.7 Å². The van der Waals surface area contributed by atoms with Gasteiger partial charge in [0.15, 0.2) is 0 Å². The summed E-state index contributed by atoms with van der Waals surface area (Å²) in [6.45, 7) is 5.65. The number of anilines is 3. The molecule has 0 saturated heterocycles. The van der Waals surface area contributed by atoms with Crippen molar-refractivity contribution in [2.24, 2.45) is 10.9 Å². The first kappa shape index (κ1) is 32.6. The van der Waals surface area contributed by atoms with Gasteiger partial charge >= 0.3 is 12.1 Å². The van der Waals surface area contributed by atoms with Crippen LogP contribution in [0.5, 0.6) is 0 Å². The molecule has 1 aliphatic rings. The zero-order valence-corrected chi connectivity index (χ0v) is 26.4. The number of alkyl carbamates (subject to hydrolysis) is 1. The first-order valence-electron chi connectivity index (χ1n) is 15.2. The summed E-state index contributed by atoms with van der Waals surface area (Å²) in [7, 11) is 0. The highest BCUT2D eigenvalue weighted by Crippen LogP contribution is 2.40. The van der Waals surface area contributed by atoms with E-state index in [1.54, 1.807) is 75.5 Å². The van der Waals surface area contributed by atoms with E-state index in [-0.39, 0.29) is 13.1 Å². The standard InChI is InChI=1S/C37H36N4O6/c1-37(2,3)47-36(46)39-23-26-15-19-29(20-16-26)41-32-12-8-7-11-31(32)40(34(44)30(35(41)45)21-33(42)43)24-27-13-17-28(18-14-27)38-22-25-9-5-4-6-10-25/h4-20,22,30H,21,23-24H2,1-3H3,(H,39,46)(H,42,43)/b38-22+. The molecule has 0 spiro atoms. The minimum atomic E-state index is -1.46. The summed E-state index contributed by atoms with van der Waals surface area (Å²) in [5, 5.41) is 12.4. The van der Waals surface area contributed by atoms with E-state index in [0.29, 0.717) is 17.1 Å². The van der Waals surface area contributed by atoms with Gasteiger partial charge in [-0.3, -0.25) is 24.3 Å². The number of nitrogens with one attached hydrogen (secondary N) is 1. The SMILES string of the molecule is CC(C)(C)OC(=O)NCc1ccc(N2C(=O)C(CC(=O)O)C(=O)N(Cc3ccc(/N=C/c4ccccc4)cc3)c3ccccc32)cc1. The monoisotopic (exact) mass is 632 g/mol. The van der Waals surface area contributed by atoms with Crippen molar-refractivity contribution in [1.82, 2.24) is 5.32 Å². The van der Waals surface area contributed by atoms with Gasteiger partial charge in [-0.05, 0) is 73.9 Å². The molecular weight excluding hydrogens is 596 g/mol. The van der Waals surface area contributed by atoms with Crippen LogP contribution in [0.3, 0.4) is 0 Å². The number of ether oxygens (including phenoxy) is 1. The van der Waals surface area contributed by atoms with E-state index >= 15 is 0 Å². The Kier molecular flexibility index (Phi) is 9.80. The van der Waals surface area contributed by atoms with E-state index in [1.165, 1.54) is 9.80 Å². The van der Waals surface area contributed by atoms with Gasteiger partial charge in [0, 0.05) is 18.4 Å². The molecule has 10 nitrogen and oxygen atoms in total. The van der Waals surface area contributed by atoms with Crippen LogP contribution in [0.15, 0.2) is 108 Å². The predicted molar refractivity (Wildman–Crippen MR) is 180 cm³/mol. The minimum Gasteiger partial charge on any atom is -0.481 e. The Morgan fingerprint density at radius 1 is 0.830 bits per heavy atom. The third-order valence-electron chi connectivity index (χ3n) is 7.34. The van der Waals surface area contributed by atoms with Gasteiger partial charge in [0.2, 0.25) is 11.8 Å². The van der Waals surface area contributed by atoms with Crippen molar-refractivity contribution >= 4 is 52.8 Å². The first-order chi connectivity index (χ1) is 22.5. The number of carbonyl (C=O) groups is 4. The third-order valence-corrected chi connectivity index (χ3v) is 7.34. The lowest BCUT2D eigenvalue weighted by molar-refractivity contribution is -0.144. The molecule has 5 rings (SSSR count). The Bertz CT molecular complexity index is 1780. The quantitative estimate of drug-likeness (QED) is 0.155. The Balaban J connectivity index is 1.43. The minimum absolute atomic E-state index is 0.116. The maximum atomic E-state index is 14.0. The van der Waals surface area contributed by atoms with Gasteiger partial charge in [0.1, 0.15) is 11.5 Å². The van der Waals surface area contributed by atoms with Crippen molar-refractivity contribution < 1.29 is 29.0 Å². The summed E-state index contributed by atoms with van der Waals surface area (Å²) in [5.74, 6) is -3.95. The average molecular weight is 633 g/mol. The number of rotatable bonds is 9. The van der Waals surface area contributed by atoms with Crippen LogP contribution < -0.4 is 15.1 Å². The smallest absolute Gasteiger partial charge is 0.407 e. The molecule has 240 valence electrons. The molecule has 1 unspecified atom stereocenters. The molecule has 0 fully saturated rings. The zero-order chi connectivity index (χ0) is 33.6. The fourth-order valence-corrected chi connectivity index (χ4v) is 5.16. The molecule has 0 aromatic heterocycles. The van der Waals surface area contributed by atoms with Crippen molar-refractivity contribution in [2.75, 3.05) is 9.80 Å². The normalized spacial score (nSPS) is 14.9. The molecule has 0 saturated carbocycles. The third kappa shape index (κ3) is 8.29. The first-order valence-corrected chi connectivity index (χ1v) is 15.2. The van der Waals surface area contributed by atoms with Gasteiger partial charge in [0.25, 0.3) is 0 Å². The van der Waals surface area contributed by atoms with Crippen molar-refractivity contribution in [1.29, 1.82) is 0 Å². The van der Waals surface area contributed by atoms with Crippen LogP contribution in [0.2, 0.25) is 0 Å². The maximum absolute atomic E-state index is 14.0. The lowest BCUT2D eigenvalue weighted by Crippen LogP contribution is -2.41. The van der Waals surface area contributed by atoms with Crippen LogP contribution in [0, 0.1) is 5.92 Å². The molecule has 1 heterocycles. The Morgan fingerprint density at radius 2 is 1.45 bits per heavy atom. The van der Waals surface area contributed by atoms with E-state index in [0.717, 1.165) is 22.4 Å². The number of para-hydroxylation sites is 2.